The molecule has 0 radical (unpaired) electrons. The number of carbonyl (C=O) groups is 2. The van der Waals surface area contributed by atoms with Gasteiger partial charge >= 0.3 is 11.9 Å². The van der Waals surface area contributed by atoms with Gasteiger partial charge in [0.2, 0.25) is 0 Å². The number of unbranched alkanes of at least 4 members (excludes halogenated alkanes) is 2. The second-order valence-electron chi connectivity index (χ2n) is 10.2. The summed E-state index contributed by atoms with van der Waals surface area (Å²) in [7, 11) is 0. The topological polar surface area (TPSA) is 102 Å². The second-order valence-corrected chi connectivity index (χ2v) is 10.2. The largest absolute Gasteiger partial charge is 0.493 e. The van der Waals surface area contributed by atoms with Crippen LogP contribution in [0.5, 0.6) is 17.2 Å². The van der Waals surface area contributed by atoms with Gasteiger partial charge in [-0.25, -0.2) is 9.59 Å². The third-order valence-electron chi connectivity index (χ3n) is 7.12. The maximum atomic E-state index is 12.2. The molecule has 0 unspecified atom stereocenters. The molecule has 1 aliphatic carbocycles. The number of esters is 2. The number of hydrogen-bond acceptors (Lipinski definition) is 7. The fourth-order valence-corrected chi connectivity index (χ4v) is 4.67. The highest BCUT2D eigenvalue weighted by atomic mass is 16.5. The third-order valence-corrected chi connectivity index (χ3v) is 7.12. The lowest BCUT2D eigenvalue weighted by Gasteiger charge is -2.28. The molecule has 2 N–H and O–H groups in total. The predicted molar refractivity (Wildman–Crippen MR) is 151 cm³/mol. The van der Waals surface area contributed by atoms with Crippen LogP contribution in [-0.4, -0.2) is 42.0 Å². The Morgan fingerprint density at radius 3 is 1.82 bits per heavy atom. The molecule has 0 saturated heterocycles. The van der Waals surface area contributed by atoms with Crippen LogP contribution in [-0.2, 0) is 9.59 Å². The third kappa shape index (κ3) is 9.37. The molecule has 1 fully saturated rings. The van der Waals surface area contributed by atoms with Gasteiger partial charge in [-0.15, -0.1) is 0 Å². The molecule has 1 saturated carbocycles. The van der Waals surface area contributed by atoms with Crippen LogP contribution < -0.4 is 14.2 Å². The number of hydrogen-bond donors (Lipinski definition) is 2. The molecule has 0 spiro atoms. The average Bonchev–Trinajstić information content (AvgIpc) is 2.96. The number of aliphatic hydroxyl groups is 2. The molecule has 0 amide bonds. The van der Waals surface area contributed by atoms with Gasteiger partial charge < -0.3 is 24.4 Å². The van der Waals surface area contributed by atoms with Crippen molar-refractivity contribution >= 4 is 11.9 Å². The van der Waals surface area contributed by atoms with Crippen molar-refractivity contribution < 1.29 is 34.0 Å². The number of ether oxygens (including phenoxy) is 3. The van der Waals surface area contributed by atoms with E-state index < -0.39 is 25.2 Å². The summed E-state index contributed by atoms with van der Waals surface area (Å²) in [6, 6.07) is 12.1. The number of aliphatic hydroxyl groups excluding tert-OH is 2. The van der Waals surface area contributed by atoms with Crippen molar-refractivity contribution in [3.05, 3.63) is 66.8 Å². The lowest BCUT2D eigenvalue weighted by molar-refractivity contribution is -0.131. The zero-order valence-electron chi connectivity index (χ0n) is 22.8. The van der Waals surface area contributed by atoms with Crippen LogP contribution >= 0.6 is 0 Å². The summed E-state index contributed by atoms with van der Waals surface area (Å²) in [5, 5.41) is 18.3. The molecule has 7 heteroatoms. The van der Waals surface area contributed by atoms with E-state index in [0.717, 1.165) is 17.2 Å². The van der Waals surface area contributed by atoms with E-state index in [4.69, 9.17) is 24.4 Å². The van der Waals surface area contributed by atoms with Crippen molar-refractivity contribution in [3.63, 3.8) is 0 Å². The highest BCUT2D eigenvalue weighted by Gasteiger charge is 2.21. The number of rotatable bonds is 14. The Bertz CT molecular complexity index is 1080. The molecule has 2 aromatic carbocycles. The molecule has 1 aliphatic rings. The highest BCUT2D eigenvalue weighted by molar-refractivity contribution is 5.91. The van der Waals surface area contributed by atoms with E-state index in [0.29, 0.717) is 18.1 Å². The smallest absolute Gasteiger partial charge is 0.341 e. The van der Waals surface area contributed by atoms with Crippen LogP contribution in [0.4, 0.5) is 0 Å². The molecule has 0 aromatic heterocycles. The minimum absolute atomic E-state index is 0.107. The van der Waals surface area contributed by atoms with Gasteiger partial charge in [0.1, 0.15) is 17.2 Å². The van der Waals surface area contributed by atoms with Gasteiger partial charge in [0, 0.05) is 6.07 Å². The van der Waals surface area contributed by atoms with Gasteiger partial charge in [-0.1, -0.05) is 70.7 Å². The summed E-state index contributed by atoms with van der Waals surface area (Å²) in [4.78, 5) is 24.3. The minimum atomic E-state index is -0.801. The van der Waals surface area contributed by atoms with Gasteiger partial charge in [-0.3, -0.25) is 0 Å². The van der Waals surface area contributed by atoms with E-state index in [2.05, 4.69) is 20.1 Å². The monoisotopic (exact) mass is 536 g/mol. The Morgan fingerprint density at radius 1 is 0.769 bits per heavy atom. The van der Waals surface area contributed by atoms with Crippen molar-refractivity contribution in [3.8, 4) is 28.4 Å². The van der Waals surface area contributed by atoms with Crippen LogP contribution in [0.25, 0.3) is 11.1 Å². The lowest BCUT2D eigenvalue weighted by atomic mass is 9.80. The first kappa shape index (κ1) is 30.1. The zero-order valence-corrected chi connectivity index (χ0v) is 22.8. The summed E-state index contributed by atoms with van der Waals surface area (Å²) in [6.45, 7) is 8.81. The van der Waals surface area contributed by atoms with Crippen molar-refractivity contribution in [2.45, 2.75) is 58.3 Å². The van der Waals surface area contributed by atoms with E-state index in [1.165, 1.54) is 57.4 Å². The minimum Gasteiger partial charge on any atom is -0.493 e. The van der Waals surface area contributed by atoms with Crippen molar-refractivity contribution in [1.29, 1.82) is 0 Å². The summed E-state index contributed by atoms with van der Waals surface area (Å²) >= 11 is 0. The van der Waals surface area contributed by atoms with Crippen LogP contribution in [0.15, 0.2) is 66.8 Å². The molecule has 2 aromatic rings. The van der Waals surface area contributed by atoms with Gasteiger partial charge in [0.15, 0.2) is 0 Å². The quantitative estimate of drug-likeness (QED) is 0.132. The standard InChI is InChI=1S/C32H40O7/c1-4-5-6-7-24-8-10-25(11-9-24)21-37-28-14-12-26(13-15-28)27-16-29(38-31(35)22(2)19-33)18-30(17-27)39-32(36)23(3)20-34/h12-18,24-25,33-34H,2-11,19-21H2,1H3. The van der Waals surface area contributed by atoms with Crippen LogP contribution in [0.1, 0.15) is 58.3 Å². The van der Waals surface area contributed by atoms with Crippen LogP contribution in [0.2, 0.25) is 0 Å². The van der Waals surface area contributed by atoms with Crippen molar-refractivity contribution in [2.75, 3.05) is 19.8 Å². The number of benzene rings is 2. The Balaban J connectivity index is 1.66. The molecule has 3 rings (SSSR count). The fraction of sp³-hybridized carbons (Fsp3) is 0.438. The van der Waals surface area contributed by atoms with Crippen LogP contribution in [0, 0.1) is 11.8 Å². The van der Waals surface area contributed by atoms with Crippen molar-refractivity contribution in [2.24, 2.45) is 11.8 Å². The second kappa shape index (κ2) is 15.2. The Labute approximate surface area is 231 Å². The van der Waals surface area contributed by atoms with Gasteiger partial charge in [0.25, 0.3) is 0 Å². The van der Waals surface area contributed by atoms with E-state index in [1.54, 1.807) is 12.1 Å². The zero-order chi connectivity index (χ0) is 28.2. The van der Waals surface area contributed by atoms with E-state index in [1.807, 2.05) is 24.3 Å². The summed E-state index contributed by atoms with van der Waals surface area (Å²) in [5.74, 6) is 0.838. The first-order valence-electron chi connectivity index (χ1n) is 13.7. The molecular formula is C32H40O7. The molecular weight excluding hydrogens is 496 g/mol. The summed E-state index contributed by atoms with van der Waals surface area (Å²) in [5.41, 5.74) is 1.19. The fourth-order valence-electron chi connectivity index (χ4n) is 4.67. The molecule has 0 aliphatic heterocycles. The average molecular weight is 537 g/mol. The first-order valence-corrected chi connectivity index (χ1v) is 13.7. The predicted octanol–water partition coefficient (Wildman–Crippen LogP) is 6.03. The van der Waals surface area contributed by atoms with E-state index in [-0.39, 0.29) is 22.6 Å². The van der Waals surface area contributed by atoms with Crippen molar-refractivity contribution in [1.82, 2.24) is 0 Å². The first-order chi connectivity index (χ1) is 18.8. The maximum Gasteiger partial charge on any atom is 0.341 e. The molecule has 0 bridgehead atoms. The van der Waals surface area contributed by atoms with E-state index in [9.17, 15) is 9.59 Å². The Hall–Kier alpha value is -3.42. The summed E-state index contributed by atoms with van der Waals surface area (Å²) < 4.78 is 16.7. The molecule has 39 heavy (non-hydrogen) atoms. The van der Waals surface area contributed by atoms with E-state index >= 15 is 0 Å². The molecule has 0 heterocycles. The van der Waals surface area contributed by atoms with Gasteiger partial charge in [0.05, 0.1) is 31.0 Å². The van der Waals surface area contributed by atoms with Gasteiger partial charge in [-0.2, -0.15) is 0 Å². The SMILES string of the molecule is C=C(CO)C(=O)Oc1cc(OC(=O)C(=C)CO)cc(-c2ccc(OCC3CCC(CCCCC)CC3)cc2)c1. The Kier molecular flexibility index (Phi) is 11.8. The van der Waals surface area contributed by atoms with Crippen LogP contribution in [0.3, 0.4) is 0 Å². The molecule has 7 nitrogen and oxygen atoms in total. The lowest BCUT2D eigenvalue weighted by Crippen LogP contribution is -2.20. The Morgan fingerprint density at radius 2 is 1.31 bits per heavy atom. The highest BCUT2D eigenvalue weighted by Crippen LogP contribution is 2.34. The number of carbonyl (C=O) groups excluding carboxylic acids is 2. The molecule has 210 valence electrons. The summed E-state index contributed by atoms with van der Waals surface area (Å²) in [6.07, 6.45) is 10.3. The maximum absolute atomic E-state index is 12.2. The normalized spacial score (nSPS) is 16.8. The van der Waals surface area contributed by atoms with Gasteiger partial charge in [-0.05, 0) is 60.1 Å². The molecule has 0 atom stereocenters.